The van der Waals surface area contributed by atoms with E-state index in [2.05, 4.69) is 10.2 Å². The summed E-state index contributed by atoms with van der Waals surface area (Å²) < 4.78 is 5.12. The highest BCUT2D eigenvalue weighted by atomic mass is 35.5. The molecule has 2 amide bonds. The first kappa shape index (κ1) is 18.5. The van der Waals surface area contributed by atoms with Crippen molar-refractivity contribution >= 4 is 29.1 Å². The van der Waals surface area contributed by atoms with Crippen LogP contribution in [0, 0.1) is 5.92 Å². The summed E-state index contributed by atoms with van der Waals surface area (Å²) in [5.41, 5.74) is 0.689. The summed E-state index contributed by atoms with van der Waals surface area (Å²) in [7, 11) is 5.53. The monoisotopic (exact) mass is 353 g/mol. The summed E-state index contributed by atoms with van der Waals surface area (Å²) in [6.07, 6.45) is 1.11. The Labute approximate surface area is 147 Å². The molecule has 1 aromatic carbocycles. The smallest absolute Gasteiger partial charge is 0.227 e. The van der Waals surface area contributed by atoms with Crippen LogP contribution in [0.1, 0.15) is 12.8 Å². The number of ether oxygens (including phenoxy) is 1. The van der Waals surface area contributed by atoms with E-state index in [0.717, 1.165) is 13.0 Å². The summed E-state index contributed by atoms with van der Waals surface area (Å²) in [4.78, 5) is 28.1. The quantitative estimate of drug-likeness (QED) is 0.759. The maximum atomic E-state index is 12.2. The van der Waals surface area contributed by atoms with Gasteiger partial charge in [0.05, 0.1) is 18.1 Å². The van der Waals surface area contributed by atoms with Crippen molar-refractivity contribution < 1.29 is 14.3 Å². The molecule has 7 heteroatoms. The first-order chi connectivity index (χ1) is 11.4. The van der Waals surface area contributed by atoms with Crippen molar-refractivity contribution in [1.29, 1.82) is 0 Å². The van der Waals surface area contributed by atoms with Crippen LogP contribution in [0.15, 0.2) is 18.2 Å². The van der Waals surface area contributed by atoms with E-state index in [9.17, 15) is 9.59 Å². The highest BCUT2D eigenvalue weighted by Crippen LogP contribution is 2.32. The van der Waals surface area contributed by atoms with Gasteiger partial charge in [-0.15, -0.1) is 0 Å². The first-order valence-electron chi connectivity index (χ1n) is 7.98. The van der Waals surface area contributed by atoms with E-state index in [4.69, 9.17) is 16.3 Å². The van der Waals surface area contributed by atoms with Gasteiger partial charge < -0.3 is 19.9 Å². The van der Waals surface area contributed by atoms with Crippen LogP contribution in [0.5, 0.6) is 5.75 Å². The van der Waals surface area contributed by atoms with Crippen molar-refractivity contribution in [3.63, 3.8) is 0 Å². The molecular weight excluding hydrogens is 330 g/mol. The SMILES string of the molecule is COc1ccc(N2CC(C(=O)NCCCN(C)C)CC2=O)cc1Cl. The van der Waals surface area contributed by atoms with Gasteiger partial charge >= 0.3 is 0 Å². The van der Waals surface area contributed by atoms with Crippen LogP contribution in [0.3, 0.4) is 0 Å². The molecule has 0 bridgehead atoms. The molecule has 1 N–H and O–H groups in total. The van der Waals surface area contributed by atoms with Crippen LogP contribution in [0.25, 0.3) is 0 Å². The Hall–Kier alpha value is -1.79. The normalized spacial score (nSPS) is 17.5. The lowest BCUT2D eigenvalue weighted by molar-refractivity contribution is -0.126. The lowest BCUT2D eigenvalue weighted by Gasteiger charge is -2.18. The van der Waals surface area contributed by atoms with Gasteiger partial charge in [0.15, 0.2) is 0 Å². The van der Waals surface area contributed by atoms with E-state index in [1.54, 1.807) is 30.2 Å². The van der Waals surface area contributed by atoms with Crippen molar-refractivity contribution in [1.82, 2.24) is 10.2 Å². The number of anilines is 1. The summed E-state index contributed by atoms with van der Waals surface area (Å²) in [6.45, 7) is 1.91. The zero-order valence-electron chi connectivity index (χ0n) is 14.3. The number of hydrogen-bond donors (Lipinski definition) is 1. The lowest BCUT2D eigenvalue weighted by atomic mass is 10.1. The van der Waals surface area contributed by atoms with E-state index in [1.165, 1.54) is 0 Å². The third kappa shape index (κ3) is 4.61. The molecule has 1 aromatic rings. The Morgan fingerprint density at radius 3 is 2.83 bits per heavy atom. The summed E-state index contributed by atoms with van der Waals surface area (Å²) in [5.74, 6) is 0.105. The molecule has 1 atom stereocenters. The number of nitrogens with one attached hydrogen (secondary N) is 1. The number of hydrogen-bond acceptors (Lipinski definition) is 4. The van der Waals surface area contributed by atoms with Gasteiger partial charge in [-0.05, 0) is 45.3 Å². The standard InChI is InChI=1S/C17H24ClN3O3/c1-20(2)8-4-7-19-17(23)12-9-16(22)21(11-12)13-5-6-15(24-3)14(18)10-13/h5-6,10,12H,4,7-9,11H2,1-3H3,(H,19,23). The Morgan fingerprint density at radius 2 is 2.21 bits per heavy atom. The van der Waals surface area contributed by atoms with E-state index in [0.29, 0.717) is 29.5 Å². The predicted octanol–water partition coefficient (Wildman–Crippen LogP) is 1.77. The number of nitrogens with zero attached hydrogens (tertiary/aromatic N) is 2. The van der Waals surface area contributed by atoms with Gasteiger partial charge in [-0.25, -0.2) is 0 Å². The van der Waals surface area contributed by atoms with E-state index in [1.807, 2.05) is 14.1 Å². The van der Waals surface area contributed by atoms with E-state index in [-0.39, 0.29) is 24.2 Å². The average Bonchev–Trinajstić information content (AvgIpc) is 2.93. The Kier molecular flexibility index (Phi) is 6.45. The molecule has 1 unspecified atom stereocenters. The number of carbonyl (C=O) groups excluding carboxylic acids is 2. The van der Waals surface area contributed by atoms with Crippen LogP contribution in [-0.4, -0.2) is 57.6 Å². The molecule has 1 heterocycles. The Bertz CT molecular complexity index is 607. The van der Waals surface area contributed by atoms with Crippen molar-refractivity contribution in [2.75, 3.05) is 45.7 Å². The maximum absolute atomic E-state index is 12.2. The van der Waals surface area contributed by atoms with Crippen LogP contribution in [-0.2, 0) is 9.59 Å². The molecule has 1 aliphatic rings. The fourth-order valence-corrected chi connectivity index (χ4v) is 2.96. The molecule has 1 aliphatic heterocycles. The van der Waals surface area contributed by atoms with Gasteiger partial charge in [-0.1, -0.05) is 11.6 Å². The van der Waals surface area contributed by atoms with Gasteiger partial charge in [0.1, 0.15) is 5.75 Å². The van der Waals surface area contributed by atoms with Crippen molar-refractivity contribution in [3.8, 4) is 5.75 Å². The third-order valence-electron chi connectivity index (χ3n) is 4.02. The molecule has 0 spiro atoms. The first-order valence-corrected chi connectivity index (χ1v) is 8.36. The van der Waals surface area contributed by atoms with E-state index >= 15 is 0 Å². The van der Waals surface area contributed by atoms with Gasteiger partial charge in [-0.2, -0.15) is 0 Å². The van der Waals surface area contributed by atoms with Crippen LogP contribution in [0.4, 0.5) is 5.69 Å². The van der Waals surface area contributed by atoms with Gasteiger partial charge in [0.2, 0.25) is 11.8 Å². The largest absolute Gasteiger partial charge is 0.495 e. The van der Waals surface area contributed by atoms with Gasteiger partial charge in [0, 0.05) is 25.2 Å². The molecule has 0 saturated carbocycles. The topological polar surface area (TPSA) is 61.9 Å². The lowest BCUT2D eigenvalue weighted by Crippen LogP contribution is -2.34. The second-order valence-electron chi connectivity index (χ2n) is 6.17. The number of rotatable bonds is 7. The minimum atomic E-state index is -0.322. The third-order valence-corrected chi connectivity index (χ3v) is 4.32. The van der Waals surface area contributed by atoms with Gasteiger partial charge in [0.25, 0.3) is 0 Å². The van der Waals surface area contributed by atoms with Crippen molar-refractivity contribution in [2.45, 2.75) is 12.8 Å². The molecule has 0 aromatic heterocycles. The molecule has 6 nitrogen and oxygen atoms in total. The van der Waals surface area contributed by atoms with Crippen LogP contribution in [0.2, 0.25) is 5.02 Å². The molecule has 0 aliphatic carbocycles. The van der Waals surface area contributed by atoms with Crippen molar-refractivity contribution in [3.05, 3.63) is 23.2 Å². The molecule has 2 rings (SSSR count). The Balaban J connectivity index is 1.93. The van der Waals surface area contributed by atoms with Crippen molar-refractivity contribution in [2.24, 2.45) is 5.92 Å². The second-order valence-corrected chi connectivity index (χ2v) is 6.58. The zero-order valence-corrected chi connectivity index (χ0v) is 15.1. The zero-order chi connectivity index (χ0) is 17.7. The molecule has 24 heavy (non-hydrogen) atoms. The number of halogens is 1. The number of amides is 2. The number of benzene rings is 1. The minimum absolute atomic E-state index is 0.0651. The van der Waals surface area contributed by atoms with Crippen LogP contribution >= 0.6 is 11.6 Å². The highest BCUT2D eigenvalue weighted by molar-refractivity contribution is 6.32. The summed E-state index contributed by atoms with van der Waals surface area (Å²) >= 11 is 6.12. The predicted molar refractivity (Wildman–Crippen MR) is 94.6 cm³/mol. The van der Waals surface area contributed by atoms with Gasteiger partial charge in [-0.3, -0.25) is 9.59 Å². The van der Waals surface area contributed by atoms with E-state index < -0.39 is 0 Å². The average molecular weight is 354 g/mol. The number of carbonyl (C=O) groups is 2. The molecule has 1 saturated heterocycles. The molecular formula is C17H24ClN3O3. The minimum Gasteiger partial charge on any atom is -0.495 e. The highest BCUT2D eigenvalue weighted by Gasteiger charge is 2.35. The molecule has 0 radical (unpaired) electrons. The molecule has 1 fully saturated rings. The fourth-order valence-electron chi connectivity index (χ4n) is 2.71. The fraction of sp³-hybridized carbons (Fsp3) is 0.529. The summed E-state index contributed by atoms with van der Waals surface area (Å²) in [6, 6.07) is 5.19. The molecule has 132 valence electrons. The number of methoxy groups -OCH3 is 1. The summed E-state index contributed by atoms with van der Waals surface area (Å²) in [5, 5.41) is 3.36. The second kappa shape index (κ2) is 8.35. The Morgan fingerprint density at radius 1 is 1.46 bits per heavy atom. The maximum Gasteiger partial charge on any atom is 0.227 e. The van der Waals surface area contributed by atoms with Crippen LogP contribution < -0.4 is 15.0 Å².